The van der Waals surface area contributed by atoms with E-state index >= 15 is 0 Å². The van der Waals surface area contributed by atoms with Gasteiger partial charge in [-0.25, -0.2) is 8.42 Å². The molecule has 2 N–H and O–H groups in total. The summed E-state index contributed by atoms with van der Waals surface area (Å²) in [5.41, 5.74) is 4.60. The monoisotopic (exact) mass is 287 g/mol. The number of para-hydroxylation sites is 1. The molecule has 0 aliphatic heterocycles. The average molecular weight is 287 g/mol. The van der Waals surface area contributed by atoms with Gasteiger partial charge in [0.25, 0.3) is 5.69 Å². The zero-order chi connectivity index (χ0) is 14.8. The van der Waals surface area contributed by atoms with Gasteiger partial charge in [0, 0.05) is 25.2 Å². The van der Waals surface area contributed by atoms with E-state index < -0.39 is 26.2 Å². The van der Waals surface area contributed by atoms with Crippen LogP contribution in [0.15, 0.2) is 29.2 Å². The number of likely N-dealkylation sites (N-methyl/N-ethyl adjacent to an activating group) is 1. The van der Waals surface area contributed by atoms with Crippen LogP contribution in [0.1, 0.15) is 13.8 Å². The lowest BCUT2D eigenvalue weighted by Crippen LogP contribution is -2.45. The van der Waals surface area contributed by atoms with E-state index in [1.54, 1.807) is 13.8 Å². The zero-order valence-corrected chi connectivity index (χ0v) is 11.8. The first-order chi connectivity index (χ1) is 8.55. The van der Waals surface area contributed by atoms with Crippen LogP contribution < -0.4 is 5.73 Å². The highest BCUT2D eigenvalue weighted by molar-refractivity contribution is 7.89. The maximum atomic E-state index is 12.3. The summed E-state index contributed by atoms with van der Waals surface area (Å²) in [6, 6.07) is 5.24. The summed E-state index contributed by atoms with van der Waals surface area (Å²) in [5, 5.41) is 10.9. The van der Waals surface area contributed by atoms with E-state index in [0.29, 0.717) is 0 Å². The Kier molecular flexibility index (Phi) is 4.28. The topological polar surface area (TPSA) is 107 Å². The second-order valence-electron chi connectivity index (χ2n) is 4.97. The third kappa shape index (κ3) is 3.72. The van der Waals surface area contributed by atoms with Crippen LogP contribution in [0.4, 0.5) is 5.69 Å². The van der Waals surface area contributed by atoms with E-state index in [9.17, 15) is 18.5 Å². The Labute approximate surface area is 112 Å². The minimum Gasteiger partial charge on any atom is -0.324 e. The van der Waals surface area contributed by atoms with E-state index in [-0.39, 0.29) is 11.4 Å². The molecule has 1 rings (SSSR count). The molecule has 0 bridgehead atoms. The number of rotatable bonds is 5. The van der Waals surface area contributed by atoms with Crippen molar-refractivity contribution < 1.29 is 13.3 Å². The van der Waals surface area contributed by atoms with Gasteiger partial charge in [0.2, 0.25) is 10.0 Å². The van der Waals surface area contributed by atoms with Gasteiger partial charge in [-0.3, -0.25) is 10.1 Å². The van der Waals surface area contributed by atoms with Crippen LogP contribution >= 0.6 is 0 Å². The van der Waals surface area contributed by atoms with Crippen molar-refractivity contribution in [1.29, 1.82) is 0 Å². The zero-order valence-electron chi connectivity index (χ0n) is 11.0. The van der Waals surface area contributed by atoms with Gasteiger partial charge in [-0.1, -0.05) is 12.1 Å². The molecular weight excluding hydrogens is 270 g/mol. The third-order valence-corrected chi connectivity index (χ3v) is 4.23. The van der Waals surface area contributed by atoms with E-state index in [4.69, 9.17) is 5.73 Å². The second kappa shape index (κ2) is 5.24. The highest BCUT2D eigenvalue weighted by Gasteiger charge is 2.31. The summed E-state index contributed by atoms with van der Waals surface area (Å²) >= 11 is 0. The molecule has 0 radical (unpaired) electrons. The molecule has 0 amide bonds. The van der Waals surface area contributed by atoms with Crippen LogP contribution in [0.5, 0.6) is 0 Å². The number of hydrogen-bond donors (Lipinski definition) is 1. The normalized spacial score (nSPS) is 12.7. The Morgan fingerprint density at radius 1 is 1.37 bits per heavy atom. The molecular formula is C11H17N3O4S. The lowest BCUT2D eigenvalue weighted by Gasteiger charge is -2.25. The van der Waals surface area contributed by atoms with E-state index in [0.717, 1.165) is 10.4 Å². The van der Waals surface area contributed by atoms with Gasteiger partial charge >= 0.3 is 0 Å². The molecule has 0 aliphatic carbocycles. The first-order valence-corrected chi connectivity index (χ1v) is 6.98. The van der Waals surface area contributed by atoms with Crippen LogP contribution in [-0.4, -0.2) is 36.8 Å². The molecule has 0 saturated heterocycles. The summed E-state index contributed by atoms with van der Waals surface area (Å²) in [4.78, 5) is 9.83. The Balaban J connectivity index is 3.25. The SMILES string of the molecule is CN(CC(C)(C)N)S(=O)(=O)c1ccccc1[N+](=O)[O-]. The maximum absolute atomic E-state index is 12.3. The number of nitrogens with two attached hydrogens (primary N) is 1. The van der Waals surface area contributed by atoms with Crippen molar-refractivity contribution in [2.24, 2.45) is 5.73 Å². The van der Waals surface area contributed by atoms with Crippen molar-refractivity contribution in [1.82, 2.24) is 4.31 Å². The molecule has 19 heavy (non-hydrogen) atoms. The summed E-state index contributed by atoms with van der Waals surface area (Å²) in [5.74, 6) is 0. The Hall–Kier alpha value is -1.51. The minimum absolute atomic E-state index is 0.0569. The number of hydrogen-bond acceptors (Lipinski definition) is 5. The number of nitrogens with zero attached hydrogens (tertiary/aromatic N) is 2. The maximum Gasteiger partial charge on any atom is 0.289 e. The Morgan fingerprint density at radius 2 is 1.89 bits per heavy atom. The predicted molar refractivity (Wildman–Crippen MR) is 71.2 cm³/mol. The van der Waals surface area contributed by atoms with Crippen LogP contribution in [-0.2, 0) is 10.0 Å². The van der Waals surface area contributed by atoms with Crippen molar-refractivity contribution in [2.75, 3.05) is 13.6 Å². The van der Waals surface area contributed by atoms with Crippen LogP contribution in [0, 0.1) is 10.1 Å². The molecule has 0 atom stereocenters. The lowest BCUT2D eigenvalue weighted by atomic mass is 10.1. The quantitative estimate of drug-likeness (QED) is 0.641. The lowest BCUT2D eigenvalue weighted by molar-refractivity contribution is -0.387. The average Bonchev–Trinajstić information content (AvgIpc) is 2.26. The second-order valence-corrected chi connectivity index (χ2v) is 6.99. The number of nitro benzene ring substituents is 1. The largest absolute Gasteiger partial charge is 0.324 e. The number of sulfonamides is 1. The van der Waals surface area contributed by atoms with Gasteiger partial charge in [-0.2, -0.15) is 4.31 Å². The van der Waals surface area contributed by atoms with Crippen molar-refractivity contribution >= 4 is 15.7 Å². The molecule has 1 aromatic carbocycles. The highest BCUT2D eigenvalue weighted by atomic mass is 32.2. The molecule has 0 aromatic heterocycles. The Bertz CT molecular complexity index is 578. The van der Waals surface area contributed by atoms with Gasteiger partial charge < -0.3 is 5.73 Å². The van der Waals surface area contributed by atoms with Crippen LogP contribution in [0.2, 0.25) is 0 Å². The van der Waals surface area contributed by atoms with Crippen molar-refractivity contribution in [2.45, 2.75) is 24.3 Å². The van der Waals surface area contributed by atoms with E-state index in [2.05, 4.69) is 0 Å². The summed E-state index contributed by atoms with van der Waals surface area (Å²) < 4.78 is 25.6. The molecule has 0 aliphatic rings. The molecule has 0 fully saturated rings. The molecule has 106 valence electrons. The van der Waals surface area contributed by atoms with Gasteiger partial charge in [-0.05, 0) is 19.9 Å². The third-order valence-electron chi connectivity index (χ3n) is 2.38. The minimum atomic E-state index is -3.94. The van der Waals surface area contributed by atoms with E-state index in [1.165, 1.54) is 25.2 Å². The first kappa shape index (κ1) is 15.5. The summed E-state index contributed by atoms with van der Waals surface area (Å²) in [6.07, 6.45) is 0. The van der Waals surface area contributed by atoms with Gasteiger partial charge in [0.1, 0.15) is 0 Å². The summed E-state index contributed by atoms with van der Waals surface area (Å²) in [6.45, 7) is 3.41. The standard InChI is InChI=1S/C11H17N3O4S/c1-11(2,12)8-13(3)19(17,18)10-7-5-4-6-9(10)14(15)16/h4-7H,8,12H2,1-3H3. The fraction of sp³-hybridized carbons (Fsp3) is 0.455. The number of benzene rings is 1. The first-order valence-electron chi connectivity index (χ1n) is 5.54. The smallest absolute Gasteiger partial charge is 0.289 e. The van der Waals surface area contributed by atoms with Crippen LogP contribution in [0.3, 0.4) is 0 Å². The molecule has 0 spiro atoms. The molecule has 7 nitrogen and oxygen atoms in total. The van der Waals surface area contributed by atoms with E-state index in [1.807, 2.05) is 0 Å². The van der Waals surface area contributed by atoms with Gasteiger partial charge in [-0.15, -0.1) is 0 Å². The molecule has 8 heteroatoms. The summed E-state index contributed by atoms with van der Waals surface area (Å²) in [7, 11) is -2.59. The van der Waals surface area contributed by atoms with Crippen molar-refractivity contribution in [3.63, 3.8) is 0 Å². The van der Waals surface area contributed by atoms with Crippen LogP contribution in [0.25, 0.3) is 0 Å². The van der Waals surface area contributed by atoms with Crippen molar-refractivity contribution in [3.8, 4) is 0 Å². The van der Waals surface area contributed by atoms with Gasteiger partial charge in [0.15, 0.2) is 4.90 Å². The fourth-order valence-corrected chi connectivity index (χ4v) is 3.15. The molecule has 1 aromatic rings. The number of nitro groups is 1. The van der Waals surface area contributed by atoms with Crippen molar-refractivity contribution in [3.05, 3.63) is 34.4 Å². The fourth-order valence-electron chi connectivity index (χ4n) is 1.65. The Morgan fingerprint density at radius 3 is 2.37 bits per heavy atom. The van der Waals surface area contributed by atoms with Gasteiger partial charge in [0.05, 0.1) is 4.92 Å². The molecule has 0 heterocycles. The highest BCUT2D eigenvalue weighted by Crippen LogP contribution is 2.25. The molecule has 0 saturated carbocycles. The molecule has 0 unspecified atom stereocenters. The predicted octanol–water partition coefficient (Wildman–Crippen LogP) is 0.953.